The quantitative estimate of drug-likeness (QED) is 0.424. The molecule has 0 bridgehead atoms. The van der Waals surface area contributed by atoms with Crippen molar-refractivity contribution in [3.63, 3.8) is 0 Å². The van der Waals surface area contributed by atoms with Gasteiger partial charge in [0.15, 0.2) is 0 Å². The van der Waals surface area contributed by atoms with Crippen molar-refractivity contribution in [1.29, 1.82) is 0 Å². The average Bonchev–Trinajstić information content (AvgIpc) is 2.68. The lowest BCUT2D eigenvalue weighted by Gasteiger charge is -2.37. The first kappa shape index (κ1) is 19.5. The third-order valence-electron chi connectivity index (χ3n) is 6.27. The first-order valence-corrected chi connectivity index (χ1v) is 10.7. The molecule has 0 amide bonds. The van der Waals surface area contributed by atoms with Gasteiger partial charge in [0.1, 0.15) is 6.10 Å². The summed E-state index contributed by atoms with van der Waals surface area (Å²) in [5.74, 6) is 2.21. The van der Waals surface area contributed by atoms with E-state index < -0.39 is 0 Å². The summed E-state index contributed by atoms with van der Waals surface area (Å²) in [6.07, 6.45) is 14.2. The summed E-state index contributed by atoms with van der Waals surface area (Å²) in [7, 11) is 0. The zero-order chi connectivity index (χ0) is 18.4. The van der Waals surface area contributed by atoms with E-state index in [1.54, 1.807) is 6.08 Å². The number of halogens is 1. The highest BCUT2D eigenvalue weighted by Crippen LogP contribution is 2.43. The number of benzene rings is 1. The lowest BCUT2D eigenvalue weighted by atomic mass is 9.69. The zero-order valence-electron chi connectivity index (χ0n) is 15.8. The minimum absolute atomic E-state index is 0.130. The van der Waals surface area contributed by atoms with Gasteiger partial charge in [-0.25, -0.2) is 4.79 Å². The van der Waals surface area contributed by atoms with Gasteiger partial charge >= 0.3 is 5.97 Å². The van der Waals surface area contributed by atoms with Gasteiger partial charge in [0.05, 0.1) is 0 Å². The number of rotatable bonds is 5. The van der Waals surface area contributed by atoms with Gasteiger partial charge in [-0.2, -0.15) is 0 Å². The topological polar surface area (TPSA) is 26.3 Å². The number of carbonyl (C=O) groups is 1. The fraction of sp³-hybridized carbons (Fsp3) is 0.609. The largest absolute Gasteiger partial charge is 0.459 e. The van der Waals surface area contributed by atoms with Gasteiger partial charge < -0.3 is 4.74 Å². The zero-order valence-corrected chi connectivity index (χ0v) is 16.6. The van der Waals surface area contributed by atoms with E-state index in [-0.39, 0.29) is 12.1 Å². The molecule has 2 saturated carbocycles. The summed E-state index contributed by atoms with van der Waals surface area (Å²) in [5.41, 5.74) is 1.45. The third kappa shape index (κ3) is 5.36. The van der Waals surface area contributed by atoms with Crippen LogP contribution in [0.4, 0.5) is 0 Å². The van der Waals surface area contributed by atoms with E-state index in [1.807, 2.05) is 25.1 Å². The van der Waals surface area contributed by atoms with Crippen LogP contribution in [0.1, 0.15) is 76.2 Å². The number of ether oxygens (including phenoxy) is 1. The van der Waals surface area contributed by atoms with Crippen LogP contribution < -0.4 is 0 Å². The Morgan fingerprint density at radius 2 is 1.58 bits per heavy atom. The minimum atomic E-state index is -0.168. The molecule has 0 spiro atoms. The molecule has 0 unspecified atom stereocenters. The van der Waals surface area contributed by atoms with Crippen molar-refractivity contribution in [2.75, 3.05) is 0 Å². The van der Waals surface area contributed by atoms with E-state index >= 15 is 0 Å². The van der Waals surface area contributed by atoms with Crippen molar-refractivity contribution in [2.45, 2.75) is 76.7 Å². The number of esters is 1. The molecule has 0 aromatic heterocycles. The highest BCUT2D eigenvalue weighted by molar-refractivity contribution is 6.30. The summed E-state index contributed by atoms with van der Waals surface area (Å²) in [6, 6.07) is 8.42. The predicted octanol–water partition coefficient (Wildman–Crippen LogP) is 6.68. The molecule has 3 rings (SSSR count). The maximum Gasteiger partial charge on any atom is 0.330 e. The van der Waals surface area contributed by atoms with E-state index in [4.69, 9.17) is 16.3 Å². The van der Waals surface area contributed by atoms with Crippen LogP contribution in [0, 0.1) is 11.8 Å². The van der Waals surface area contributed by atoms with Crippen molar-refractivity contribution in [3.05, 3.63) is 47.0 Å². The van der Waals surface area contributed by atoms with Crippen LogP contribution in [0.15, 0.2) is 36.4 Å². The highest BCUT2D eigenvalue weighted by Gasteiger charge is 2.32. The van der Waals surface area contributed by atoms with Crippen LogP contribution in [0.2, 0.25) is 5.02 Å². The molecule has 1 aromatic rings. The molecule has 2 aliphatic rings. The van der Waals surface area contributed by atoms with Crippen LogP contribution in [0.3, 0.4) is 0 Å². The van der Waals surface area contributed by atoms with Crippen molar-refractivity contribution < 1.29 is 9.53 Å². The summed E-state index contributed by atoms with van der Waals surface area (Å²) < 4.78 is 5.58. The van der Waals surface area contributed by atoms with Gasteiger partial charge in [-0.1, -0.05) is 36.7 Å². The van der Waals surface area contributed by atoms with E-state index in [0.717, 1.165) is 36.1 Å². The van der Waals surface area contributed by atoms with Crippen LogP contribution >= 0.6 is 11.6 Å². The maximum absolute atomic E-state index is 11.7. The number of hydrogen-bond donors (Lipinski definition) is 0. The lowest BCUT2D eigenvalue weighted by Crippen LogP contribution is -2.29. The smallest absolute Gasteiger partial charge is 0.330 e. The van der Waals surface area contributed by atoms with E-state index in [9.17, 15) is 4.79 Å². The van der Waals surface area contributed by atoms with Gasteiger partial charge in [-0.3, -0.25) is 0 Å². The van der Waals surface area contributed by atoms with Crippen LogP contribution in [-0.4, -0.2) is 12.1 Å². The van der Waals surface area contributed by atoms with E-state index in [0.29, 0.717) is 5.92 Å². The molecule has 3 heteroatoms. The van der Waals surface area contributed by atoms with Gasteiger partial charge in [-0.15, -0.1) is 0 Å². The molecule has 2 fully saturated rings. The Morgan fingerprint density at radius 1 is 1.00 bits per heavy atom. The summed E-state index contributed by atoms with van der Waals surface area (Å²) in [4.78, 5) is 11.7. The monoisotopic (exact) mass is 374 g/mol. The SMILES string of the molecule is CCC=CC(=O)OC1CCC(C2CCC(c3ccc(Cl)cc3)CC2)CC1. The molecule has 2 aliphatic carbocycles. The summed E-state index contributed by atoms with van der Waals surface area (Å²) in [5, 5.41) is 0.824. The Kier molecular flexibility index (Phi) is 7.19. The Morgan fingerprint density at radius 3 is 2.15 bits per heavy atom. The van der Waals surface area contributed by atoms with Crippen molar-refractivity contribution in [1.82, 2.24) is 0 Å². The Hall–Kier alpha value is -1.28. The maximum atomic E-state index is 11.7. The predicted molar refractivity (Wildman–Crippen MR) is 107 cm³/mol. The van der Waals surface area contributed by atoms with Crippen molar-refractivity contribution in [3.8, 4) is 0 Å². The molecular formula is C23H31ClO2. The molecule has 0 aliphatic heterocycles. The standard InChI is InChI=1S/C23H31ClO2/c1-2-3-4-23(25)26-22-15-11-20(12-16-22)18-7-5-17(6-8-18)19-9-13-21(24)14-10-19/h3-4,9-10,13-14,17-18,20,22H,2,5-8,11-12,15-16H2,1H3. The minimum Gasteiger partial charge on any atom is -0.459 e. The van der Waals surface area contributed by atoms with Crippen LogP contribution in [-0.2, 0) is 9.53 Å². The van der Waals surface area contributed by atoms with Crippen molar-refractivity contribution in [2.24, 2.45) is 11.8 Å². The molecule has 0 radical (unpaired) electrons. The van der Waals surface area contributed by atoms with E-state index in [2.05, 4.69) is 12.1 Å². The molecule has 0 N–H and O–H groups in total. The molecular weight excluding hydrogens is 344 g/mol. The van der Waals surface area contributed by atoms with E-state index in [1.165, 1.54) is 44.1 Å². The summed E-state index contributed by atoms with van der Waals surface area (Å²) in [6.45, 7) is 2.02. The van der Waals surface area contributed by atoms with Crippen LogP contribution in [0.25, 0.3) is 0 Å². The Balaban J connectivity index is 1.41. The number of allylic oxidation sites excluding steroid dienone is 1. The van der Waals surface area contributed by atoms with Gasteiger partial charge in [0.25, 0.3) is 0 Å². The third-order valence-corrected chi connectivity index (χ3v) is 6.52. The Bertz CT molecular complexity index is 591. The molecule has 0 saturated heterocycles. The van der Waals surface area contributed by atoms with Gasteiger partial charge in [0, 0.05) is 11.1 Å². The summed E-state index contributed by atoms with van der Waals surface area (Å²) >= 11 is 6.01. The highest BCUT2D eigenvalue weighted by atomic mass is 35.5. The van der Waals surface area contributed by atoms with Crippen molar-refractivity contribution >= 4 is 17.6 Å². The van der Waals surface area contributed by atoms with Gasteiger partial charge in [0.2, 0.25) is 0 Å². The second kappa shape index (κ2) is 9.60. The van der Waals surface area contributed by atoms with Gasteiger partial charge in [-0.05, 0) is 93.2 Å². The fourth-order valence-electron chi connectivity index (χ4n) is 4.75. The first-order valence-electron chi connectivity index (χ1n) is 10.3. The molecule has 26 heavy (non-hydrogen) atoms. The first-order chi connectivity index (χ1) is 12.7. The number of carbonyl (C=O) groups excluding carboxylic acids is 1. The fourth-order valence-corrected chi connectivity index (χ4v) is 4.88. The normalized spacial score (nSPS) is 29.6. The molecule has 2 nitrogen and oxygen atoms in total. The Labute approximate surface area is 163 Å². The van der Waals surface area contributed by atoms with Crippen LogP contribution in [0.5, 0.6) is 0 Å². The second-order valence-electron chi connectivity index (χ2n) is 7.95. The second-order valence-corrected chi connectivity index (χ2v) is 8.38. The number of hydrogen-bond acceptors (Lipinski definition) is 2. The molecule has 1 aromatic carbocycles. The average molecular weight is 375 g/mol. The molecule has 142 valence electrons. The molecule has 0 heterocycles. The molecule has 0 atom stereocenters. The lowest BCUT2D eigenvalue weighted by molar-refractivity contribution is -0.145.